The first kappa shape index (κ1) is 12.6. The predicted molar refractivity (Wildman–Crippen MR) is 71.6 cm³/mol. The summed E-state index contributed by atoms with van der Waals surface area (Å²) in [5.74, 6) is 2.25. The molecule has 17 heavy (non-hydrogen) atoms. The molecular formula is C15H24N2. The molecule has 2 rings (SSSR count). The van der Waals surface area contributed by atoms with Gasteiger partial charge in [-0.1, -0.05) is 20.3 Å². The van der Waals surface area contributed by atoms with Gasteiger partial charge in [-0.15, -0.1) is 0 Å². The number of hydrogen-bond acceptors (Lipinski definition) is 2. The van der Waals surface area contributed by atoms with Gasteiger partial charge in [0.25, 0.3) is 0 Å². The van der Waals surface area contributed by atoms with Crippen molar-refractivity contribution in [3.8, 4) is 0 Å². The molecule has 0 saturated heterocycles. The van der Waals surface area contributed by atoms with Crippen molar-refractivity contribution in [3.05, 3.63) is 29.6 Å². The molecule has 2 heteroatoms. The van der Waals surface area contributed by atoms with Crippen molar-refractivity contribution in [2.75, 3.05) is 0 Å². The molecule has 2 nitrogen and oxygen atoms in total. The summed E-state index contributed by atoms with van der Waals surface area (Å²) >= 11 is 0. The molecule has 1 aromatic heterocycles. The van der Waals surface area contributed by atoms with Crippen molar-refractivity contribution in [2.24, 2.45) is 23.5 Å². The molecule has 0 radical (unpaired) electrons. The third kappa shape index (κ3) is 2.86. The van der Waals surface area contributed by atoms with Gasteiger partial charge in [0.05, 0.1) is 5.69 Å². The first-order valence-corrected chi connectivity index (χ1v) is 6.76. The van der Waals surface area contributed by atoms with Crippen molar-refractivity contribution in [2.45, 2.75) is 46.1 Å². The second kappa shape index (κ2) is 5.18. The number of hydrogen-bond donors (Lipinski definition) is 1. The average Bonchev–Trinajstić information content (AvgIpc) is 2.32. The van der Waals surface area contributed by atoms with E-state index in [2.05, 4.69) is 31.8 Å². The first-order valence-electron chi connectivity index (χ1n) is 6.76. The molecule has 1 fully saturated rings. The minimum Gasteiger partial charge on any atom is -0.322 e. The van der Waals surface area contributed by atoms with Crippen LogP contribution in [0.2, 0.25) is 0 Å². The topological polar surface area (TPSA) is 38.9 Å². The summed E-state index contributed by atoms with van der Waals surface area (Å²) < 4.78 is 0. The molecule has 1 saturated carbocycles. The second-order valence-electron chi connectivity index (χ2n) is 5.81. The minimum absolute atomic E-state index is 0.116. The van der Waals surface area contributed by atoms with Crippen LogP contribution in [0.5, 0.6) is 0 Å². The Morgan fingerprint density at radius 3 is 2.71 bits per heavy atom. The second-order valence-corrected chi connectivity index (χ2v) is 5.81. The summed E-state index contributed by atoms with van der Waals surface area (Å²) in [6, 6.07) is 4.28. The summed E-state index contributed by atoms with van der Waals surface area (Å²) in [5.41, 5.74) is 8.70. The Kier molecular flexibility index (Phi) is 3.82. The number of aryl methyl sites for hydroxylation is 1. The summed E-state index contributed by atoms with van der Waals surface area (Å²) in [6.45, 7) is 6.81. The van der Waals surface area contributed by atoms with Crippen LogP contribution < -0.4 is 5.73 Å². The van der Waals surface area contributed by atoms with Crippen molar-refractivity contribution in [3.63, 3.8) is 0 Å². The van der Waals surface area contributed by atoms with E-state index in [-0.39, 0.29) is 6.04 Å². The minimum atomic E-state index is 0.116. The van der Waals surface area contributed by atoms with Gasteiger partial charge in [-0.3, -0.25) is 4.98 Å². The Labute approximate surface area is 105 Å². The molecule has 1 aliphatic rings. The van der Waals surface area contributed by atoms with Gasteiger partial charge < -0.3 is 5.73 Å². The monoisotopic (exact) mass is 232 g/mol. The normalized spacial score (nSPS) is 31.2. The molecule has 1 aromatic rings. The Morgan fingerprint density at radius 1 is 1.29 bits per heavy atom. The maximum Gasteiger partial charge on any atom is 0.0576 e. The van der Waals surface area contributed by atoms with Gasteiger partial charge in [0, 0.05) is 12.2 Å². The van der Waals surface area contributed by atoms with E-state index in [1.165, 1.54) is 24.8 Å². The SMILES string of the molecule is Cc1ccnc(C(N)C2CCC(C)C(C)C2)c1. The lowest BCUT2D eigenvalue weighted by molar-refractivity contribution is 0.184. The largest absolute Gasteiger partial charge is 0.322 e. The van der Waals surface area contributed by atoms with Gasteiger partial charge >= 0.3 is 0 Å². The molecule has 4 atom stereocenters. The van der Waals surface area contributed by atoms with Crippen molar-refractivity contribution in [1.82, 2.24) is 4.98 Å². The van der Waals surface area contributed by atoms with E-state index in [9.17, 15) is 0 Å². The highest BCUT2D eigenvalue weighted by molar-refractivity contribution is 5.17. The van der Waals surface area contributed by atoms with Crippen LogP contribution in [0.15, 0.2) is 18.3 Å². The Bertz CT molecular complexity index is 375. The average molecular weight is 232 g/mol. The highest BCUT2D eigenvalue weighted by Gasteiger charge is 2.29. The highest BCUT2D eigenvalue weighted by Crippen LogP contribution is 2.38. The molecule has 0 aromatic carbocycles. The zero-order chi connectivity index (χ0) is 12.4. The van der Waals surface area contributed by atoms with E-state index in [0.29, 0.717) is 5.92 Å². The molecule has 4 unspecified atom stereocenters. The lowest BCUT2D eigenvalue weighted by Gasteiger charge is -2.35. The van der Waals surface area contributed by atoms with E-state index in [1.54, 1.807) is 0 Å². The lowest BCUT2D eigenvalue weighted by Crippen LogP contribution is -2.30. The van der Waals surface area contributed by atoms with Crippen molar-refractivity contribution < 1.29 is 0 Å². The maximum absolute atomic E-state index is 6.38. The van der Waals surface area contributed by atoms with Crippen LogP contribution in [-0.2, 0) is 0 Å². The fraction of sp³-hybridized carbons (Fsp3) is 0.667. The Balaban J connectivity index is 2.07. The van der Waals surface area contributed by atoms with Gasteiger partial charge in [-0.2, -0.15) is 0 Å². The predicted octanol–water partition coefficient (Wildman–Crippen LogP) is 3.46. The fourth-order valence-corrected chi connectivity index (χ4v) is 2.90. The molecular weight excluding hydrogens is 208 g/mol. The summed E-state index contributed by atoms with van der Waals surface area (Å²) in [7, 11) is 0. The smallest absolute Gasteiger partial charge is 0.0576 e. The van der Waals surface area contributed by atoms with Gasteiger partial charge in [-0.05, 0) is 55.2 Å². The highest BCUT2D eigenvalue weighted by atomic mass is 14.8. The van der Waals surface area contributed by atoms with Gasteiger partial charge in [0.15, 0.2) is 0 Å². The molecule has 0 bridgehead atoms. The number of pyridine rings is 1. The van der Waals surface area contributed by atoms with Crippen LogP contribution in [0, 0.1) is 24.7 Å². The van der Waals surface area contributed by atoms with Crippen LogP contribution in [0.1, 0.15) is 50.4 Å². The number of aromatic nitrogens is 1. The van der Waals surface area contributed by atoms with E-state index in [0.717, 1.165) is 17.5 Å². The molecule has 0 aliphatic heterocycles. The fourth-order valence-electron chi connectivity index (χ4n) is 2.90. The zero-order valence-electron chi connectivity index (χ0n) is 11.2. The summed E-state index contributed by atoms with van der Waals surface area (Å²) in [4.78, 5) is 4.43. The standard InChI is InChI=1S/C15H24N2/c1-10-6-7-17-14(8-10)15(16)13-5-4-11(2)12(3)9-13/h6-8,11-13,15H,4-5,9,16H2,1-3H3. The Morgan fingerprint density at radius 2 is 2.06 bits per heavy atom. The zero-order valence-corrected chi connectivity index (χ0v) is 11.2. The van der Waals surface area contributed by atoms with Crippen molar-refractivity contribution >= 4 is 0 Å². The number of rotatable bonds is 2. The summed E-state index contributed by atoms with van der Waals surface area (Å²) in [6.07, 6.45) is 5.69. The molecule has 0 amide bonds. The van der Waals surface area contributed by atoms with E-state index >= 15 is 0 Å². The lowest BCUT2D eigenvalue weighted by atomic mass is 9.73. The van der Waals surface area contributed by atoms with Crippen LogP contribution in [0.25, 0.3) is 0 Å². The quantitative estimate of drug-likeness (QED) is 0.848. The van der Waals surface area contributed by atoms with Gasteiger partial charge in [0.1, 0.15) is 0 Å². The third-order valence-electron chi connectivity index (χ3n) is 4.42. The van der Waals surface area contributed by atoms with E-state index in [1.807, 2.05) is 12.3 Å². The van der Waals surface area contributed by atoms with Crippen LogP contribution in [0.4, 0.5) is 0 Å². The number of nitrogens with two attached hydrogens (primary N) is 1. The number of nitrogens with zero attached hydrogens (tertiary/aromatic N) is 1. The van der Waals surface area contributed by atoms with Crippen LogP contribution in [0.3, 0.4) is 0 Å². The molecule has 94 valence electrons. The van der Waals surface area contributed by atoms with Crippen molar-refractivity contribution in [1.29, 1.82) is 0 Å². The molecule has 2 N–H and O–H groups in total. The molecule has 1 aliphatic carbocycles. The Hall–Kier alpha value is -0.890. The van der Waals surface area contributed by atoms with Crippen LogP contribution in [-0.4, -0.2) is 4.98 Å². The van der Waals surface area contributed by atoms with E-state index < -0.39 is 0 Å². The molecule has 0 spiro atoms. The maximum atomic E-state index is 6.38. The van der Waals surface area contributed by atoms with Gasteiger partial charge in [0.2, 0.25) is 0 Å². The van der Waals surface area contributed by atoms with E-state index in [4.69, 9.17) is 5.73 Å². The third-order valence-corrected chi connectivity index (χ3v) is 4.42. The molecule has 1 heterocycles. The van der Waals surface area contributed by atoms with Gasteiger partial charge in [-0.25, -0.2) is 0 Å². The first-order chi connectivity index (χ1) is 8.08. The van der Waals surface area contributed by atoms with Crippen LogP contribution >= 0.6 is 0 Å². The summed E-state index contributed by atoms with van der Waals surface area (Å²) in [5, 5.41) is 0.